The zero-order valence-corrected chi connectivity index (χ0v) is 11.2. The summed E-state index contributed by atoms with van der Waals surface area (Å²) in [6, 6.07) is 4.35. The van der Waals surface area contributed by atoms with Crippen LogP contribution in [0, 0.1) is 11.6 Å². The number of nitrogens with two attached hydrogens (primary N) is 1. The fourth-order valence-corrected chi connectivity index (χ4v) is 1.68. The molecule has 22 heavy (non-hydrogen) atoms. The second kappa shape index (κ2) is 5.70. The highest BCUT2D eigenvalue weighted by atomic mass is 19.4. The molecule has 0 heterocycles. The minimum atomic E-state index is -4.86. The minimum absolute atomic E-state index is 0.0121. The average Bonchev–Trinajstić information content (AvgIpc) is 2.42. The molecule has 8 heteroatoms. The van der Waals surface area contributed by atoms with Crippen molar-refractivity contribution in [3.05, 3.63) is 47.5 Å². The topological polar surface area (TPSA) is 44.5 Å². The number of benzene rings is 2. The van der Waals surface area contributed by atoms with Gasteiger partial charge in [-0.2, -0.15) is 13.2 Å². The Morgan fingerprint density at radius 2 is 1.59 bits per heavy atom. The molecule has 0 radical (unpaired) electrons. The number of methoxy groups -OCH3 is 1. The lowest BCUT2D eigenvalue weighted by Crippen LogP contribution is -2.07. The predicted octanol–water partition coefficient (Wildman–Crippen LogP) is 4.37. The first kappa shape index (κ1) is 15.9. The Morgan fingerprint density at radius 1 is 1.00 bits per heavy atom. The van der Waals surface area contributed by atoms with E-state index < -0.39 is 29.1 Å². The molecule has 0 amide bonds. The van der Waals surface area contributed by atoms with Crippen molar-refractivity contribution < 1.29 is 31.4 Å². The standard InChI is InChI=1S/C14H10F5NO2/c1-21-8-2-3-12(11(20)6-8)22-13-9(15)4-7(5-10(13)16)14(17,18)19/h2-6H,20H2,1H3. The Kier molecular flexibility index (Phi) is 4.11. The molecule has 3 nitrogen and oxygen atoms in total. The van der Waals surface area contributed by atoms with Gasteiger partial charge in [0.1, 0.15) is 5.75 Å². The third-order valence-electron chi connectivity index (χ3n) is 2.75. The summed E-state index contributed by atoms with van der Waals surface area (Å²) >= 11 is 0. The summed E-state index contributed by atoms with van der Waals surface area (Å²) in [4.78, 5) is 0. The number of rotatable bonds is 3. The van der Waals surface area contributed by atoms with Gasteiger partial charge in [0, 0.05) is 6.07 Å². The summed E-state index contributed by atoms with van der Waals surface area (Å²) in [7, 11) is 1.39. The normalized spacial score (nSPS) is 11.4. The van der Waals surface area contributed by atoms with Crippen molar-refractivity contribution in [2.24, 2.45) is 0 Å². The van der Waals surface area contributed by atoms with Crippen molar-refractivity contribution in [2.45, 2.75) is 6.18 Å². The van der Waals surface area contributed by atoms with E-state index in [4.69, 9.17) is 15.2 Å². The maximum Gasteiger partial charge on any atom is 0.416 e. The molecule has 0 aliphatic heterocycles. The van der Waals surface area contributed by atoms with Crippen LogP contribution in [-0.4, -0.2) is 7.11 Å². The van der Waals surface area contributed by atoms with E-state index in [9.17, 15) is 22.0 Å². The van der Waals surface area contributed by atoms with Crippen LogP contribution in [0.2, 0.25) is 0 Å². The van der Waals surface area contributed by atoms with E-state index in [1.54, 1.807) is 0 Å². The van der Waals surface area contributed by atoms with Crippen LogP contribution in [0.4, 0.5) is 27.6 Å². The second-order valence-electron chi connectivity index (χ2n) is 4.27. The molecule has 0 aliphatic carbocycles. The minimum Gasteiger partial charge on any atom is -0.497 e. The molecule has 2 rings (SSSR count). The van der Waals surface area contributed by atoms with E-state index in [1.807, 2.05) is 0 Å². The van der Waals surface area contributed by atoms with Crippen molar-refractivity contribution in [1.82, 2.24) is 0 Å². The van der Waals surface area contributed by atoms with Crippen LogP contribution in [0.15, 0.2) is 30.3 Å². The maximum absolute atomic E-state index is 13.7. The van der Waals surface area contributed by atoms with Crippen LogP contribution in [0.25, 0.3) is 0 Å². The lowest BCUT2D eigenvalue weighted by atomic mass is 10.2. The van der Waals surface area contributed by atoms with Gasteiger partial charge in [-0.25, -0.2) is 8.78 Å². The van der Waals surface area contributed by atoms with Crippen molar-refractivity contribution >= 4 is 5.69 Å². The molecule has 0 saturated carbocycles. The van der Waals surface area contributed by atoms with E-state index >= 15 is 0 Å². The third-order valence-corrected chi connectivity index (χ3v) is 2.75. The van der Waals surface area contributed by atoms with E-state index in [1.165, 1.54) is 25.3 Å². The van der Waals surface area contributed by atoms with Crippen molar-refractivity contribution in [2.75, 3.05) is 12.8 Å². The number of nitrogen functional groups attached to an aromatic ring is 1. The van der Waals surface area contributed by atoms with Crippen LogP contribution < -0.4 is 15.2 Å². The zero-order chi connectivity index (χ0) is 16.5. The molecule has 0 atom stereocenters. The van der Waals surface area contributed by atoms with Gasteiger partial charge in [-0.05, 0) is 24.3 Å². The quantitative estimate of drug-likeness (QED) is 0.675. The molecule has 0 saturated heterocycles. The van der Waals surface area contributed by atoms with E-state index in [-0.39, 0.29) is 23.6 Å². The maximum atomic E-state index is 13.7. The highest BCUT2D eigenvalue weighted by molar-refractivity contribution is 5.57. The number of hydrogen-bond acceptors (Lipinski definition) is 3. The zero-order valence-electron chi connectivity index (χ0n) is 11.2. The Labute approximate surface area is 122 Å². The number of anilines is 1. The van der Waals surface area contributed by atoms with Crippen molar-refractivity contribution in [1.29, 1.82) is 0 Å². The lowest BCUT2D eigenvalue weighted by Gasteiger charge is -2.13. The Hall–Kier alpha value is -2.51. The highest BCUT2D eigenvalue weighted by Crippen LogP contribution is 2.37. The van der Waals surface area contributed by atoms with Gasteiger partial charge >= 0.3 is 6.18 Å². The number of hydrogen-bond donors (Lipinski definition) is 1. The molecule has 2 aromatic rings. The fraction of sp³-hybridized carbons (Fsp3) is 0.143. The highest BCUT2D eigenvalue weighted by Gasteiger charge is 2.33. The molecule has 0 aromatic heterocycles. The first-order valence-corrected chi connectivity index (χ1v) is 5.90. The number of halogens is 5. The van der Waals surface area contributed by atoms with E-state index in [2.05, 4.69) is 0 Å². The molecule has 118 valence electrons. The van der Waals surface area contributed by atoms with Gasteiger partial charge in [0.2, 0.25) is 0 Å². The van der Waals surface area contributed by atoms with Crippen LogP contribution in [0.5, 0.6) is 17.2 Å². The summed E-state index contributed by atoms with van der Waals surface area (Å²) in [5.41, 5.74) is 4.18. The summed E-state index contributed by atoms with van der Waals surface area (Å²) < 4.78 is 74.5. The number of alkyl halides is 3. The molecule has 2 aromatic carbocycles. The van der Waals surface area contributed by atoms with Gasteiger partial charge < -0.3 is 15.2 Å². The predicted molar refractivity (Wildman–Crippen MR) is 68.8 cm³/mol. The van der Waals surface area contributed by atoms with Gasteiger partial charge in [-0.1, -0.05) is 0 Å². The average molecular weight is 319 g/mol. The van der Waals surface area contributed by atoms with Crippen LogP contribution in [0.3, 0.4) is 0 Å². The first-order valence-electron chi connectivity index (χ1n) is 5.90. The third kappa shape index (κ3) is 3.21. The van der Waals surface area contributed by atoms with Crippen LogP contribution >= 0.6 is 0 Å². The van der Waals surface area contributed by atoms with Gasteiger partial charge in [0.25, 0.3) is 0 Å². The largest absolute Gasteiger partial charge is 0.497 e. The monoisotopic (exact) mass is 319 g/mol. The summed E-state index contributed by atoms with van der Waals surface area (Å²) in [6.45, 7) is 0. The molecule has 2 N–H and O–H groups in total. The van der Waals surface area contributed by atoms with Crippen molar-refractivity contribution in [3.8, 4) is 17.2 Å². The van der Waals surface area contributed by atoms with E-state index in [0.717, 1.165) is 0 Å². The summed E-state index contributed by atoms with van der Waals surface area (Å²) in [5, 5.41) is 0. The Morgan fingerprint density at radius 3 is 2.05 bits per heavy atom. The Bertz CT molecular complexity index is 677. The van der Waals surface area contributed by atoms with Crippen LogP contribution in [-0.2, 0) is 6.18 Å². The SMILES string of the molecule is COc1ccc(Oc2c(F)cc(C(F)(F)F)cc2F)c(N)c1. The van der Waals surface area contributed by atoms with Gasteiger partial charge in [0.05, 0.1) is 18.4 Å². The molecule has 0 aliphatic rings. The smallest absolute Gasteiger partial charge is 0.416 e. The molecule has 0 spiro atoms. The first-order chi connectivity index (χ1) is 10.2. The number of ether oxygens (including phenoxy) is 2. The second-order valence-corrected chi connectivity index (χ2v) is 4.27. The van der Waals surface area contributed by atoms with Crippen molar-refractivity contribution in [3.63, 3.8) is 0 Å². The summed E-state index contributed by atoms with van der Waals surface area (Å²) in [5.74, 6) is -3.66. The van der Waals surface area contributed by atoms with Crippen LogP contribution in [0.1, 0.15) is 5.56 Å². The van der Waals surface area contributed by atoms with Gasteiger partial charge in [0.15, 0.2) is 23.1 Å². The van der Waals surface area contributed by atoms with Gasteiger partial charge in [-0.15, -0.1) is 0 Å². The molecular weight excluding hydrogens is 309 g/mol. The molecule has 0 fully saturated rings. The molecule has 0 unspecified atom stereocenters. The summed E-state index contributed by atoms with van der Waals surface area (Å²) in [6.07, 6.45) is -4.86. The fourth-order valence-electron chi connectivity index (χ4n) is 1.68. The lowest BCUT2D eigenvalue weighted by molar-refractivity contribution is -0.138. The molecular formula is C14H10F5NO2. The van der Waals surface area contributed by atoms with E-state index in [0.29, 0.717) is 5.75 Å². The van der Waals surface area contributed by atoms with Gasteiger partial charge in [-0.3, -0.25) is 0 Å². The Balaban J connectivity index is 2.38. The molecule has 0 bridgehead atoms.